The standard InChI is InChI=1S/C23H31N3O5S/c1-4-24(16-18(2)23(28)31-3)17-22(27)25-11-13-26(14-12-25)32(29,30)21-10-9-19-7-5-6-8-20(19)15-21/h5-10,15,18H,4,11-14,16-17H2,1-3H3. The van der Waals surface area contributed by atoms with Crippen LogP contribution >= 0.6 is 0 Å². The van der Waals surface area contributed by atoms with Crippen LogP contribution in [0.5, 0.6) is 0 Å². The number of rotatable bonds is 8. The van der Waals surface area contributed by atoms with Gasteiger partial charge in [0.2, 0.25) is 15.9 Å². The lowest BCUT2D eigenvalue weighted by Gasteiger charge is -2.35. The van der Waals surface area contributed by atoms with Gasteiger partial charge in [0, 0.05) is 32.7 Å². The smallest absolute Gasteiger partial charge is 0.309 e. The van der Waals surface area contributed by atoms with Crippen LogP contribution in [-0.4, -0.2) is 87.3 Å². The van der Waals surface area contributed by atoms with Gasteiger partial charge in [-0.25, -0.2) is 8.42 Å². The van der Waals surface area contributed by atoms with E-state index in [9.17, 15) is 18.0 Å². The molecule has 1 saturated heterocycles. The number of likely N-dealkylation sites (N-methyl/N-ethyl adjacent to an activating group) is 1. The van der Waals surface area contributed by atoms with Crippen LogP contribution in [-0.2, 0) is 24.3 Å². The minimum atomic E-state index is -3.63. The molecular formula is C23H31N3O5S. The van der Waals surface area contributed by atoms with E-state index in [0.717, 1.165) is 10.8 Å². The maximum absolute atomic E-state index is 13.1. The molecule has 3 rings (SSSR count). The molecule has 0 bridgehead atoms. The first-order valence-electron chi connectivity index (χ1n) is 10.8. The summed E-state index contributed by atoms with van der Waals surface area (Å²) in [6, 6.07) is 12.8. The number of methoxy groups -OCH3 is 1. The number of amides is 1. The molecule has 2 aromatic rings. The SMILES string of the molecule is CCN(CC(=O)N1CCN(S(=O)(=O)c2ccc3ccccc3c2)CC1)CC(C)C(=O)OC. The van der Waals surface area contributed by atoms with Crippen molar-refractivity contribution < 1.29 is 22.7 Å². The summed E-state index contributed by atoms with van der Waals surface area (Å²) < 4.78 is 32.4. The summed E-state index contributed by atoms with van der Waals surface area (Å²) in [5.74, 6) is -0.688. The van der Waals surface area contributed by atoms with Crippen molar-refractivity contribution in [3.63, 3.8) is 0 Å². The molecule has 32 heavy (non-hydrogen) atoms. The zero-order valence-corrected chi connectivity index (χ0v) is 19.7. The molecule has 1 amide bonds. The largest absolute Gasteiger partial charge is 0.469 e. The number of fused-ring (bicyclic) bond motifs is 1. The second-order valence-electron chi connectivity index (χ2n) is 8.05. The lowest BCUT2D eigenvalue weighted by molar-refractivity contribution is -0.146. The molecule has 2 aromatic carbocycles. The van der Waals surface area contributed by atoms with E-state index in [0.29, 0.717) is 26.2 Å². The Morgan fingerprint density at radius 3 is 2.34 bits per heavy atom. The second kappa shape index (κ2) is 10.4. The van der Waals surface area contributed by atoms with Gasteiger partial charge >= 0.3 is 5.97 Å². The van der Waals surface area contributed by atoms with E-state index in [-0.39, 0.29) is 42.3 Å². The summed E-state index contributed by atoms with van der Waals surface area (Å²) in [4.78, 5) is 28.3. The van der Waals surface area contributed by atoms with E-state index in [1.165, 1.54) is 11.4 Å². The summed E-state index contributed by atoms with van der Waals surface area (Å²) in [7, 11) is -2.27. The van der Waals surface area contributed by atoms with Gasteiger partial charge in [0.1, 0.15) is 0 Å². The molecule has 0 radical (unpaired) electrons. The first kappa shape index (κ1) is 24.2. The fourth-order valence-corrected chi connectivity index (χ4v) is 5.37. The molecule has 8 nitrogen and oxygen atoms in total. The van der Waals surface area contributed by atoms with Gasteiger partial charge in [-0.1, -0.05) is 44.2 Å². The van der Waals surface area contributed by atoms with E-state index in [4.69, 9.17) is 4.74 Å². The average Bonchev–Trinajstić information content (AvgIpc) is 2.82. The van der Waals surface area contributed by atoms with Crippen LogP contribution in [0.15, 0.2) is 47.4 Å². The molecule has 1 fully saturated rings. The van der Waals surface area contributed by atoms with E-state index >= 15 is 0 Å². The summed E-state index contributed by atoms with van der Waals surface area (Å²) >= 11 is 0. The van der Waals surface area contributed by atoms with Crippen LogP contribution in [0.2, 0.25) is 0 Å². The Morgan fingerprint density at radius 2 is 1.72 bits per heavy atom. The monoisotopic (exact) mass is 461 g/mol. The number of carbonyl (C=O) groups is 2. The van der Waals surface area contributed by atoms with Gasteiger partial charge in [-0.3, -0.25) is 14.5 Å². The van der Waals surface area contributed by atoms with Crippen LogP contribution < -0.4 is 0 Å². The number of carbonyl (C=O) groups excluding carboxylic acids is 2. The van der Waals surface area contributed by atoms with Crippen molar-refractivity contribution in [3.05, 3.63) is 42.5 Å². The average molecular weight is 462 g/mol. The van der Waals surface area contributed by atoms with Gasteiger partial charge in [-0.05, 0) is 29.4 Å². The topological polar surface area (TPSA) is 87.2 Å². The molecule has 9 heteroatoms. The maximum Gasteiger partial charge on any atom is 0.309 e. The third kappa shape index (κ3) is 5.46. The molecule has 1 aliphatic rings. The Bertz CT molecular complexity index is 1060. The molecule has 1 heterocycles. The highest BCUT2D eigenvalue weighted by molar-refractivity contribution is 7.89. The van der Waals surface area contributed by atoms with Crippen molar-refractivity contribution >= 4 is 32.7 Å². The Kier molecular flexibility index (Phi) is 7.86. The number of sulfonamides is 1. The van der Waals surface area contributed by atoms with E-state index in [2.05, 4.69) is 0 Å². The Morgan fingerprint density at radius 1 is 1.06 bits per heavy atom. The van der Waals surface area contributed by atoms with Crippen molar-refractivity contribution in [3.8, 4) is 0 Å². The van der Waals surface area contributed by atoms with Gasteiger partial charge in [0.25, 0.3) is 0 Å². The predicted molar refractivity (Wildman–Crippen MR) is 123 cm³/mol. The van der Waals surface area contributed by atoms with Crippen molar-refractivity contribution in [1.82, 2.24) is 14.1 Å². The molecule has 0 aromatic heterocycles. The van der Waals surface area contributed by atoms with Gasteiger partial charge in [-0.15, -0.1) is 0 Å². The van der Waals surface area contributed by atoms with Gasteiger partial charge in [0.15, 0.2) is 0 Å². The number of hydrogen-bond acceptors (Lipinski definition) is 6. The molecule has 0 N–H and O–H groups in total. The van der Waals surface area contributed by atoms with Crippen LogP contribution in [0.3, 0.4) is 0 Å². The first-order valence-corrected chi connectivity index (χ1v) is 12.3. The Hall–Kier alpha value is -2.49. The predicted octanol–water partition coefficient (Wildman–Crippen LogP) is 1.80. The molecule has 0 saturated carbocycles. The van der Waals surface area contributed by atoms with Crippen LogP contribution in [0.1, 0.15) is 13.8 Å². The van der Waals surface area contributed by atoms with Crippen LogP contribution in [0, 0.1) is 5.92 Å². The number of benzene rings is 2. The highest BCUT2D eigenvalue weighted by Crippen LogP contribution is 2.23. The number of piperazine rings is 1. The minimum Gasteiger partial charge on any atom is -0.469 e. The maximum atomic E-state index is 13.1. The zero-order valence-electron chi connectivity index (χ0n) is 18.9. The molecule has 1 atom stereocenters. The Labute approximate surface area is 189 Å². The summed E-state index contributed by atoms with van der Waals surface area (Å²) in [5, 5.41) is 1.87. The third-order valence-electron chi connectivity index (χ3n) is 5.89. The highest BCUT2D eigenvalue weighted by atomic mass is 32.2. The van der Waals surface area contributed by atoms with Gasteiger partial charge in [0.05, 0.1) is 24.5 Å². The third-order valence-corrected chi connectivity index (χ3v) is 7.79. The summed E-state index contributed by atoms with van der Waals surface area (Å²) in [6.07, 6.45) is 0. The van der Waals surface area contributed by atoms with Gasteiger partial charge < -0.3 is 9.64 Å². The summed E-state index contributed by atoms with van der Waals surface area (Å²) in [5.41, 5.74) is 0. The lowest BCUT2D eigenvalue weighted by atomic mass is 10.1. The number of ether oxygens (including phenoxy) is 1. The molecule has 1 aliphatic heterocycles. The summed E-state index contributed by atoms with van der Waals surface area (Å²) in [6.45, 7) is 6.16. The van der Waals surface area contributed by atoms with Crippen LogP contribution in [0.4, 0.5) is 0 Å². The number of hydrogen-bond donors (Lipinski definition) is 0. The molecule has 0 spiro atoms. The quantitative estimate of drug-likeness (QED) is 0.557. The molecular weight excluding hydrogens is 430 g/mol. The second-order valence-corrected chi connectivity index (χ2v) is 9.98. The highest BCUT2D eigenvalue weighted by Gasteiger charge is 2.31. The minimum absolute atomic E-state index is 0.0633. The molecule has 1 unspecified atom stereocenters. The van der Waals surface area contributed by atoms with E-state index < -0.39 is 10.0 Å². The fourth-order valence-electron chi connectivity index (χ4n) is 3.91. The van der Waals surface area contributed by atoms with Crippen molar-refractivity contribution in [1.29, 1.82) is 0 Å². The van der Waals surface area contributed by atoms with Crippen molar-refractivity contribution in [2.24, 2.45) is 5.92 Å². The van der Waals surface area contributed by atoms with Crippen molar-refractivity contribution in [2.75, 3.05) is 52.9 Å². The van der Waals surface area contributed by atoms with Crippen molar-refractivity contribution in [2.45, 2.75) is 18.7 Å². The van der Waals surface area contributed by atoms with Crippen LogP contribution in [0.25, 0.3) is 10.8 Å². The van der Waals surface area contributed by atoms with E-state index in [1.54, 1.807) is 24.0 Å². The number of nitrogens with zero attached hydrogens (tertiary/aromatic N) is 3. The van der Waals surface area contributed by atoms with Gasteiger partial charge in [-0.2, -0.15) is 4.31 Å². The Balaban J connectivity index is 1.59. The zero-order chi connectivity index (χ0) is 23.3. The number of esters is 1. The lowest BCUT2D eigenvalue weighted by Crippen LogP contribution is -2.52. The van der Waals surface area contributed by atoms with E-state index in [1.807, 2.05) is 42.2 Å². The molecule has 0 aliphatic carbocycles. The normalized spacial score (nSPS) is 16.3. The molecule has 174 valence electrons. The fraction of sp³-hybridized carbons (Fsp3) is 0.478. The first-order chi connectivity index (χ1) is 15.3.